The van der Waals surface area contributed by atoms with Gasteiger partial charge in [0.05, 0.1) is 19.3 Å². The van der Waals surface area contributed by atoms with Gasteiger partial charge in [0, 0.05) is 19.6 Å². The number of hydrogen-bond acceptors (Lipinski definition) is 4. The topological polar surface area (TPSA) is 81.6 Å². The van der Waals surface area contributed by atoms with Crippen LogP contribution < -0.4 is 11.5 Å². The monoisotopic (exact) mass is 245 g/mol. The van der Waals surface area contributed by atoms with Crippen LogP contribution in [0, 0.1) is 0 Å². The first-order valence-corrected chi connectivity index (χ1v) is 4.08. The third-order valence-corrected chi connectivity index (χ3v) is 1.89. The van der Waals surface area contributed by atoms with E-state index in [1.54, 1.807) is 4.90 Å². The molecule has 1 fully saturated rings. The summed E-state index contributed by atoms with van der Waals surface area (Å²) in [6.45, 7) is 2.67. The first kappa shape index (κ1) is 16.4. The second-order valence-electron chi connectivity index (χ2n) is 2.78. The maximum absolute atomic E-state index is 11.4. The predicted octanol–water partition coefficient (Wildman–Crippen LogP) is -1.03. The Hall–Kier alpha value is -0.0700. The van der Waals surface area contributed by atoms with Crippen molar-refractivity contribution in [3.8, 4) is 0 Å². The maximum atomic E-state index is 11.4. The van der Waals surface area contributed by atoms with Crippen molar-refractivity contribution in [2.24, 2.45) is 11.5 Å². The summed E-state index contributed by atoms with van der Waals surface area (Å²) in [5.74, 6) is -0.0687. The Morgan fingerprint density at radius 2 is 1.86 bits per heavy atom. The third-order valence-electron chi connectivity index (χ3n) is 1.89. The van der Waals surface area contributed by atoms with Gasteiger partial charge in [-0.3, -0.25) is 4.79 Å². The molecule has 0 aromatic carbocycles. The molecule has 1 saturated heterocycles. The van der Waals surface area contributed by atoms with Gasteiger partial charge in [-0.05, 0) is 0 Å². The van der Waals surface area contributed by atoms with E-state index in [1.165, 1.54) is 0 Å². The van der Waals surface area contributed by atoms with Crippen LogP contribution in [0.15, 0.2) is 0 Å². The number of amides is 1. The number of carbonyl (C=O) groups is 1. The molecule has 0 aromatic heterocycles. The normalized spacial score (nSPS) is 17.7. The third kappa shape index (κ3) is 4.43. The van der Waals surface area contributed by atoms with Crippen molar-refractivity contribution in [1.29, 1.82) is 0 Å². The van der Waals surface area contributed by atoms with E-state index >= 15 is 0 Å². The van der Waals surface area contributed by atoms with Gasteiger partial charge >= 0.3 is 0 Å². The lowest BCUT2D eigenvalue weighted by molar-refractivity contribution is -0.136. The van der Waals surface area contributed by atoms with Crippen molar-refractivity contribution < 1.29 is 9.53 Å². The highest BCUT2D eigenvalue weighted by Gasteiger charge is 2.21. The molecule has 7 heteroatoms. The number of ether oxygens (including phenoxy) is 1. The van der Waals surface area contributed by atoms with E-state index in [9.17, 15) is 4.79 Å². The van der Waals surface area contributed by atoms with Crippen LogP contribution in [-0.2, 0) is 9.53 Å². The summed E-state index contributed by atoms with van der Waals surface area (Å²) in [6.07, 6.45) is 0. The summed E-state index contributed by atoms with van der Waals surface area (Å²) >= 11 is 0. The second-order valence-corrected chi connectivity index (χ2v) is 2.78. The Morgan fingerprint density at radius 3 is 2.29 bits per heavy atom. The van der Waals surface area contributed by atoms with Crippen LogP contribution in [0.5, 0.6) is 0 Å². The molecule has 0 aliphatic carbocycles. The lowest BCUT2D eigenvalue weighted by Crippen LogP contribution is -2.51. The number of carbonyl (C=O) groups excluding carboxylic acids is 1. The molecule has 1 rings (SSSR count). The summed E-state index contributed by atoms with van der Waals surface area (Å²) in [4.78, 5) is 13.1. The largest absolute Gasteiger partial charge is 0.378 e. The van der Waals surface area contributed by atoms with E-state index in [2.05, 4.69) is 0 Å². The van der Waals surface area contributed by atoms with E-state index in [1.807, 2.05) is 0 Å². The van der Waals surface area contributed by atoms with Crippen LogP contribution in [0.3, 0.4) is 0 Å². The zero-order valence-electron chi connectivity index (χ0n) is 7.85. The molecule has 14 heavy (non-hydrogen) atoms. The van der Waals surface area contributed by atoms with Crippen molar-refractivity contribution in [3.05, 3.63) is 0 Å². The molecule has 4 N–H and O–H groups in total. The molecule has 0 aromatic rings. The maximum Gasteiger partial charge on any atom is 0.240 e. The zero-order valence-corrected chi connectivity index (χ0v) is 9.48. The van der Waals surface area contributed by atoms with Crippen molar-refractivity contribution in [2.75, 3.05) is 32.8 Å². The fraction of sp³-hybridized carbons (Fsp3) is 0.857. The smallest absolute Gasteiger partial charge is 0.240 e. The molecule has 1 atom stereocenters. The molecule has 1 heterocycles. The highest BCUT2D eigenvalue weighted by Crippen LogP contribution is 1.98. The highest BCUT2D eigenvalue weighted by atomic mass is 35.5. The minimum Gasteiger partial charge on any atom is -0.378 e. The minimum absolute atomic E-state index is 0. The SMILES string of the molecule is Cl.Cl.NC[C@@H](N)C(=O)N1CCOCC1. The Kier molecular flexibility index (Phi) is 9.65. The van der Waals surface area contributed by atoms with Gasteiger partial charge in [0.2, 0.25) is 5.91 Å². The van der Waals surface area contributed by atoms with Crippen LogP contribution in [-0.4, -0.2) is 49.7 Å². The Morgan fingerprint density at radius 1 is 1.36 bits per heavy atom. The van der Waals surface area contributed by atoms with Crippen LogP contribution in [0.4, 0.5) is 0 Å². The van der Waals surface area contributed by atoms with Crippen LogP contribution >= 0.6 is 24.8 Å². The van der Waals surface area contributed by atoms with E-state index in [-0.39, 0.29) is 37.3 Å². The van der Waals surface area contributed by atoms with E-state index in [4.69, 9.17) is 16.2 Å². The minimum atomic E-state index is -0.553. The van der Waals surface area contributed by atoms with Gasteiger partial charge in [-0.15, -0.1) is 24.8 Å². The summed E-state index contributed by atoms with van der Waals surface area (Å²) in [5, 5.41) is 0. The Bertz CT molecular complexity index is 165. The molecular weight excluding hydrogens is 229 g/mol. The zero-order chi connectivity index (χ0) is 8.97. The molecule has 1 aliphatic heterocycles. The van der Waals surface area contributed by atoms with Gasteiger partial charge in [-0.1, -0.05) is 0 Å². The fourth-order valence-corrected chi connectivity index (χ4v) is 1.12. The number of nitrogens with two attached hydrogens (primary N) is 2. The standard InChI is InChI=1S/C7H15N3O2.2ClH/c8-5-6(9)7(11)10-1-3-12-4-2-10;;/h6H,1-5,8-9H2;2*1H/t6-;;/m1../s1. The molecule has 1 aliphatic rings. The van der Waals surface area contributed by atoms with Crippen LogP contribution in [0.1, 0.15) is 0 Å². The molecule has 5 nitrogen and oxygen atoms in total. The first-order valence-electron chi connectivity index (χ1n) is 4.08. The van der Waals surface area contributed by atoms with Crippen molar-refractivity contribution in [3.63, 3.8) is 0 Å². The van der Waals surface area contributed by atoms with Gasteiger partial charge in [0.1, 0.15) is 0 Å². The molecule has 0 radical (unpaired) electrons. The molecular formula is C7H17Cl2N3O2. The highest BCUT2D eigenvalue weighted by molar-refractivity contribution is 5.85. The predicted molar refractivity (Wildman–Crippen MR) is 58.9 cm³/mol. The molecule has 0 bridgehead atoms. The fourth-order valence-electron chi connectivity index (χ4n) is 1.12. The summed E-state index contributed by atoms with van der Waals surface area (Å²) < 4.78 is 5.10. The van der Waals surface area contributed by atoms with E-state index in [0.717, 1.165) is 0 Å². The van der Waals surface area contributed by atoms with E-state index < -0.39 is 6.04 Å². The summed E-state index contributed by atoms with van der Waals surface area (Å²) in [5.41, 5.74) is 10.8. The Balaban J connectivity index is 0. The second kappa shape index (κ2) is 8.26. The van der Waals surface area contributed by atoms with Crippen molar-refractivity contribution in [2.45, 2.75) is 6.04 Å². The Labute approximate surface area is 95.9 Å². The van der Waals surface area contributed by atoms with Crippen molar-refractivity contribution >= 4 is 30.7 Å². The number of rotatable bonds is 2. The van der Waals surface area contributed by atoms with Gasteiger partial charge in [-0.2, -0.15) is 0 Å². The van der Waals surface area contributed by atoms with Gasteiger partial charge in [-0.25, -0.2) is 0 Å². The summed E-state index contributed by atoms with van der Waals surface area (Å²) in [7, 11) is 0. The van der Waals surface area contributed by atoms with Crippen molar-refractivity contribution in [1.82, 2.24) is 4.90 Å². The van der Waals surface area contributed by atoms with Crippen LogP contribution in [0.25, 0.3) is 0 Å². The first-order chi connectivity index (χ1) is 5.75. The number of nitrogens with zero attached hydrogens (tertiary/aromatic N) is 1. The lowest BCUT2D eigenvalue weighted by Gasteiger charge is -2.28. The molecule has 0 spiro atoms. The van der Waals surface area contributed by atoms with E-state index in [0.29, 0.717) is 26.3 Å². The summed E-state index contributed by atoms with van der Waals surface area (Å²) in [6, 6.07) is -0.553. The molecule has 0 saturated carbocycles. The number of morpholine rings is 1. The number of hydrogen-bond donors (Lipinski definition) is 2. The average molecular weight is 246 g/mol. The van der Waals surface area contributed by atoms with Gasteiger partial charge in [0.15, 0.2) is 0 Å². The molecule has 1 amide bonds. The lowest BCUT2D eigenvalue weighted by atomic mass is 10.2. The quantitative estimate of drug-likeness (QED) is 0.653. The molecule has 86 valence electrons. The molecule has 0 unspecified atom stereocenters. The number of halogens is 2. The van der Waals surface area contributed by atoms with Gasteiger partial charge in [0.25, 0.3) is 0 Å². The average Bonchev–Trinajstić information content (AvgIpc) is 2.17. The van der Waals surface area contributed by atoms with Gasteiger partial charge < -0.3 is 21.1 Å². The van der Waals surface area contributed by atoms with Crippen LogP contribution in [0.2, 0.25) is 0 Å².